The molecule has 0 aromatic heterocycles. The van der Waals surface area contributed by atoms with Crippen molar-refractivity contribution in [3.8, 4) is 6.07 Å². The van der Waals surface area contributed by atoms with E-state index >= 15 is 0 Å². The summed E-state index contributed by atoms with van der Waals surface area (Å²) in [6, 6.07) is 11.8. The smallest absolute Gasteiger partial charge is 0.263 e. The van der Waals surface area contributed by atoms with Crippen LogP contribution in [0.5, 0.6) is 0 Å². The Balaban J connectivity index is 2.39. The molecule has 0 saturated heterocycles. The van der Waals surface area contributed by atoms with E-state index in [2.05, 4.69) is 10.6 Å². The van der Waals surface area contributed by atoms with E-state index in [0.717, 1.165) is 12.0 Å². The van der Waals surface area contributed by atoms with Crippen LogP contribution >= 0.6 is 0 Å². The van der Waals surface area contributed by atoms with Crippen LogP contribution in [0.1, 0.15) is 12.5 Å². The Labute approximate surface area is 107 Å². The molecule has 1 aromatic carbocycles. The Morgan fingerprint density at radius 3 is 2.72 bits per heavy atom. The molecule has 1 rings (SSSR count). The number of amides is 1. The molecule has 0 bridgehead atoms. The molecule has 2 N–H and O–H groups in total. The maximum atomic E-state index is 11.6. The number of nitrogens with zero attached hydrogens (tertiary/aromatic N) is 1. The first-order valence-electron chi connectivity index (χ1n) is 5.93. The molecule has 0 unspecified atom stereocenters. The van der Waals surface area contributed by atoms with Crippen LogP contribution in [0, 0.1) is 11.3 Å². The molecule has 1 amide bonds. The van der Waals surface area contributed by atoms with Crippen LogP contribution in [0.4, 0.5) is 0 Å². The van der Waals surface area contributed by atoms with Crippen LogP contribution in [0.25, 0.3) is 0 Å². The van der Waals surface area contributed by atoms with Gasteiger partial charge in [-0.15, -0.1) is 0 Å². The molecule has 4 heteroatoms. The van der Waals surface area contributed by atoms with Crippen molar-refractivity contribution in [3.05, 3.63) is 47.7 Å². The molecule has 0 radical (unpaired) electrons. The van der Waals surface area contributed by atoms with Gasteiger partial charge in [0.1, 0.15) is 11.6 Å². The molecule has 0 saturated carbocycles. The first-order valence-corrected chi connectivity index (χ1v) is 5.93. The molecule has 0 aliphatic rings. The van der Waals surface area contributed by atoms with Gasteiger partial charge in [-0.25, -0.2) is 0 Å². The third-order valence-corrected chi connectivity index (χ3v) is 2.36. The molecule has 94 valence electrons. The number of benzene rings is 1. The molecule has 0 aliphatic carbocycles. The average Bonchev–Trinajstić information content (AvgIpc) is 2.41. The summed E-state index contributed by atoms with van der Waals surface area (Å²) in [5.74, 6) is -0.339. The molecule has 0 aliphatic heterocycles. The number of hydrogen-bond donors (Lipinski definition) is 2. The van der Waals surface area contributed by atoms with Gasteiger partial charge in [0.15, 0.2) is 0 Å². The van der Waals surface area contributed by atoms with E-state index in [-0.39, 0.29) is 11.5 Å². The minimum absolute atomic E-state index is 0.102. The van der Waals surface area contributed by atoms with Gasteiger partial charge in [-0.1, -0.05) is 30.3 Å². The lowest BCUT2D eigenvalue weighted by Crippen LogP contribution is -2.27. The third kappa shape index (κ3) is 4.71. The van der Waals surface area contributed by atoms with Gasteiger partial charge in [-0.3, -0.25) is 4.79 Å². The highest BCUT2D eigenvalue weighted by Crippen LogP contribution is 1.98. The maximum Gasteiger partial charge on any atom is 0.263 e. The van der Waals surface area contributed by atoms with Crippen LogP contribution in [-0.2, 0) is 11.2 Å². The van der Waals surface area contributed by atoms with E-state index in [1.165, 1.54) is 6.20 Å². The second-order valence-corrected chi connectivity index (χ2v) is 3.72. The lowest BCUT2D eigenvalue weighted by Gasteiger charge is -2.04. The zero-order valence-corrected chi connectivity index (χ0v) is 10.4. The van der Waals surface area contributed by atoms with E-state index < -0.39 is 0 Å². The van der Waals surface area contributed by atoms with E-state index in [4.69, 9.17) is 5.26 Å². The van der Waals surface area contributed by atoms with Gasteiger partial charge in [0.2, 0.25) is 0 Å². The van der Waals surface area contributed by atoms with Crippen molar-refractivity contribution in [1.82, 2.24) is 10.6 Å². The predicted octanol–water partition coefficient (Wildman–Crippen LogP) is 1.36. The highest BCUT2D eigenvalue weighted by molar-refractivity contribution is 5.97. The Bertz CT molecular complexity index is 446. The predicted molar refractivity (Wildman–Crippen MR) is 70.5 cm³/mol. The molecule has 0 atom stereocenters. The summed E-state index contributed by atoms with van der Waals surface area (Å²) in [7, 11) is 0. The largest absolute Gasteiger partial charge is 0.390 e. The van der Waals surface area contributed by atoms with Gasteiger partial charge in [0, 0.05) is 19.3 Å². The fourth-order valence-electron chi connectivity index (χ4n) is 1.41. The summed E-state index contributed by atoms with van der Waals surface area (Å²) >= 11 is 0. The summed E-state index contributed by atoms with van der Waals surface area (Å²) in [6.07, 6.45) is 2.20. The topological polar surface area (TPSA) is 64.9 Å². The Morgan fingerprint density at radius 2 is 2.11 bits per heavy atom. The van der Waals surface area contributed by atoms with Gasteiger partial charge in [0.05, 0.1) is 0 Å². The average molecular weight is 243 g/mol. The van der Waals surface area contributed by atoms with Crippen molar-refractivity contribution in [2.45, 2.75) is 13.3 Å². The van der Waals surface area contributed by atoms with E-state index in [9.17, 15) is 4.79 Å². The fourth-order valence-corrected chi connectivity index (χ4v) is 1.41. The van der Waals surface area contributed by atoms with Gasteiger partial charge < -0.3 is 10.6 Å². The zero-order valence-electron chi connectivity index (χ0n) is 10.4. The van der Waals surface area contributed by atoms with Crippen molar-refractivity contribution in [1.29, 1.82) is 5.26 Å². The molecular formula is C14H17N3O. The molecule has 1 aromatic rings. The van der Waals surface area contributed by atoms with Crippen LogP contribution < -0.4 is 10.6 Å². The normalized spacial score (nSPS) is 10.6. The molecular weight excluding hydrogens is 226 g/mol. The fraction of sp³-hybridized carbons (Fsp3) is 0.286. The molecule has 0 heterocycles. The quantitative estimate of drug-likeness (QED) is 0.585. The van der Waals surface area contributed by atoms with Gasteiger partial charge >= 0.3 is 0 Å². The number of carbonyl (C=O) groups is 1. The Morgan fingerprint density at radius 1 is 1.39 bits per heavy atom. The van der Waals surface area contributed by atoms with Crippen LogP contribution in [0.3, 0.4) is 0 Å². The lowest BCUT2D eigenvalue weighted by molar-refractivity contribution is -0.117. The number of rotatable bonds is 6. The zero-order chi connectivity index (χ0) is 13.2. The molecule has 18 heavy (non-hydrogen) atoms. The molecule has 0 fully saturated rings. The van der Waals surface area contributed by atoms with Gasteiger partial charge in [-0.2, -0.15) is 5.26 Å². The van der Waals surface area contributed by atoms with Crippen LogP contribution in [-0.4, -0.2) is 19.0 Å². The minimum atomic E-state index is -0.339. The highest BCUT2D eigenvalue weighted by Gasteiger charge is 2.07. The number of nitrogens with one attached hydrogen (secondary N) is 2. The van der Waals surface area contributed by atoms with Crippen LogP contribution in [0.15, 0.2) is 42.1 Å². The maximum absolute atomic E-state index is 11.6. The Hall–Kier alpha value is -2.28. The summed E-state index contributed by atoms with van der Waals surface area (Å²) < 4.78 is 0. The summed E-state index contributed by atoms with van der Waals surface area (Å²) in [4.78, 5) is 11.6. The minimum Gasteiger partial charge on any atom is -0.390 e. The number of carbonyl (C=O) groups excluding carboxylic acids is 1. The van der Waals surface area contributed by atoms with E-state index in [1.807, 2.05) is 43.3 Å². The van der Waals surface area contributed by atoms with Crippen molar-refractivity contribution in [3.63, 3.8) is 0 Å². The lowest BCUT2D eigenvalue weighted by atomic mass is 10.1. The first kappa shape index (κ1) is 13.8. The van der Waals surface area contributed by atoms with Gasteiger partial charge in [0.25, 0.3) is 5.91 Å². The van der Waals surface area contributed by atoms with E-state index in [0.29, 0.717) is 13.1 Å². The molecule has 4 nitrogen and oxygen atoms in total. The monoisotopic (exact) mass is 243 g/mol. The van der Waals surface area contributed by atoms with Crippen molar-refractivity contribution in [2.24, 2.45) is 0 Å². The van der Waals surface area contributed by atoms with Crippen molar-refractivity contribution < 1.29 is 4.79 Å². The third-order valence-electron chi connectivity index (χ3n) is 2.36. The summed E-state index contributed by atoms with van der Waals surface area (Å²) in [5.41, 5.74) is 1.26. The van der Waals surface area contributed by atoms with E-state index in [1.54, 1.807) is 0 Å². The first-order chi connectivity index (χ1) is 8.77. The SMILES string of the molecule is CCN/C=C(/C#N)C(=O)NCCc1ccccc1. The number of nitriles is 1. The standard InChI is InChI=1S/C14H17N3O/c1-2-16-11-13(10-15)14(18)17-9-8-12-6-4-3-5-7-12/h3-7,11,16H,2,8-9H2,1H3,(H,17,18)/b13-11-. The summed E-state index contributed by atoms with van der Waals surface area (Å²) in [5, 5.41) is 14.4. The highest BCUT2D eigenvalue weighted by atomic mass is 16.1. The van der Waals surface area contributed by atoms with Crippen LogP contribution in [0.2, 0.25) is 0 Å². The molecule has 0 spiro atoms. The number of hydrogen-bond acceptors (Lipinski definition) is 3. The van der Waals surface area contributed by atoms with Crippen molar-refractivity contribution >= 4 is 5.91 Å². The second-order valence-electron chi connectivity index (χ2n) is 3.72. The van der Waals surface area contributed by atoms with Crippen molar-refractivity contribution in [2.75, 3.05) is 13.1 Å². The second kappa shape index (κ2) is 7.91. The Kier molecular flexibility index (Phi) is 6.05. The van der Waals surface area contributed by atoms with Gasteiger partial charge in [-0.05, 0) is 18.9 Å². The summed E-state index contributed by atoms with van der Waals surface area (Å²) in [6.45, 7) is 3.11.